The summed E-state index contributed by atoms with van der Waals surface area (Å²) in [6.45, 7) is 7.19. The Bertz CT molecular complexity index is 476. The van der Waals surface area contributed by atoms with E-state index in [4.69, 9.17) is 10.5 Å². The van der Waals surface area contributed by atoms with Gasteiger partial charge in [0.15, 0.2) is 11.6 Å². The number of hydrogen-bond donors (Lipinski definition) is 1. The second-order valence-corrected chi connectivity index (χ2v) is 6.70. The molecular weight excluding hydrogens is 267 g/mol. The summed E-state index contributed by atoms with van der Waals surface area (Å²) in [5.74, 6) is -0.0323. The van der Waals surface area contributed by atoms with Gasteiger partial charge in [-0.1, -0.05) is 19.9 Å². The normalized spacial score (nSPS) is 20.8. The number of methoxy groups -OCH3 is 1. The van der Waals surface area contributed by atoms with Gasteiger partial charge in [-0.3, -0.25) is 4.90 Å². The predicted molar refractivity (Wildman–Crippen MR) is 84.0 cm³/mol. The van der Waals surface area contributed by atoms with Gasteiger partial charge in [0, 0.05) is 12.6 Å². The molecule has 1 aromatic rings. The summed E-state index contributed by atoms with van der Waals surface area (Å²) < 4.78 is 18.9. The topological polar surface area (TPSA) is 38.5 Å². The molecular formula is C17H27FN2O. The molecule has 1 atom stereocenters. The fraction of sp³-hybridized carbons (Fsp3) is 0.647. The largest absolute Gasteiger partial charge is 0.494 e. The van der Waals surface area contributed by atoms with Crippen molar-refractivity contribution < 1.29 is 9.13 Å². The molecule has 0 spiro atoms. The van der Waals surface area contributed by atoms with Crippen LogP contribution >= 0.6 is 0 Å². The lowest BCUT2D eigenvalue weighted by Gasteiger charge is -2.31. The van der Waals surface area contributed by atoms with Crippen LogP contribution in [0.1, 0.15) is 44.7 Å². The zero-order valence-electron chi connectivity index (χ0n) is 13.4. The number of benzene rings is 1. The Hall–Kier alpha value is -1.13. The Morgan fingerprint density at radius 3 is 2.71 bits per heavy atom. The number of halogens is 1. The fourth-order valence-electron chi connectivity index (χ4n) is 3.14. The van der Waals surface area contributed by atoms with Gasteiger partial charge in [0.2, 0.25) is 0 Å². The lowest BCUT2D eigenvalue weighted by Crippen LogP contribution is -2.35. The van der Waals surface area contributed by atoms with E-state index in [0.717, 1.165) is 25.1 Å². The summed E-state index contributed by atoms with van der Waals surface area (Å²) in [5, 5.41) is 0. The van der Waals surface area contributed by atoms with Gasteiger partial charge in [-0.2, -0.15) is 0 Å². The van der Waals surface area contributed by atoms with Crippen molar-refractivity contribution in [2.75, 3.05) is 26.7 Å². The molecule has 1 heterocycles. The molecule has 1 aliphatic rings. The summed E-state index contributed by atoms with van der Waals surface area (Å²) in [6.07, 6.45) is 3.56. The maximum atomic E-state index is 13.9. The van der Waals surface area contributed by atoms with Crippen LogP contribution in [-0.2, 0) is 0 Å². The molecule has 0 amide bonds. The lowest BCUT2D eigenvalue weighted by molar-refractivity contribution is 0.199. The molecule has 1 saturated heterocycles. The number of rotatable bonds is 4. The van der Waals surface area contributed by atoms with Gasteiger partial charge in [0.05, 0.1) is 7.11 Å². The molecule has 1 aromatic carbocycles. The second-order valence-electron chi connectivity index (χ2n) is 6.70. The van der Waals surface area contributed by atoms with Crippen molar-refractivity contribution in [1.29, 1.82) is 0 Å². The predicted octanol–water partition coefficient (Wildman–Crippen LogP) is 3.35. The lowest BCUT2D eigenvalue weighted by atomic mass is 9.85. The van der Waals surface area contributed by atoms with E-state index in [1.54, 1.807) is 12.1 Å². The van der Waals surface area contributed by atoms with E-state index in [0.29, 0.717) is 12.0 Å². The van der Waals surface area contributed by atoms with Crippen molar-refractivity contribution in [1.82, 2.24) is 4.90 Å². The summed E-state index contributed by atoms with van der Waals surface area (Å²) in [7, 11) is 1.48. The number of nitrogens with two attached hydrogens (primary N) is 1. The molecule has 0 bridgehead atoms. The summed E-state index contributed by atoms with van der Waals surface area (Å²) >= 11 is 0. The highest BCUT2D eigenvalue weighted by Gasteiger charge is 2.27. The maximum absolute atomic E-state index is 13.9. The van der Waals surface area contributed by atoms with Crippen molar-refractivity contribution >= 4 is 0 Å². The molecule has 4 heteroatoms. The molecule has 0 aliphatic carbocycles. The number of nitrogens with zero attached hydrogens (tertiary/aromatic N) is 1. The zero-order chi connectivity index (χ0) is 15.5. The van der Waals surface area contributed by atoms with Crippen LogP contribution in [0, 0.1) is 11.2 Å². The van der Waals surface area contributed by atoms with Crippen LogP contribution in [0.15, 0.2) is 18.2 Å². The van der Waals surface area contributed by atoms with E-state index in [2.05, 4.69) is 18.7 Å². The minimum absolute atomic E-state index is 0.0827. The highest BCUT2D eigenvalue weighted by Crippen LogP contribution is 2.33. The van der Waals surface area contributed by atoms with Gasteiger partial charge in [0.25, 0.3) is 0 Å². The van der Waals surface area contributed by atoms with Gasteiger partial charge in [0.1, 0.15) is 0 Å². The van der Waals surface area contributed by atoms with E-state index in [-0.39, 0.29) is 17.6 Å². The fourth-order valence-corrected chi connectivity index (χ4v) is 3.14. The molecule has 2 N–H and O–H groups in total. The van der Waals surface area contributed by atoms with E-state index in [1.807, 2.05) is 6.07 Å². The Kier molecular flexibility index (Phi) is 5.22. The molecule has 0 saturated carbocycles. The molecule has 21 heavy (non-hydrogen) atoms. The molecule has 3 nitrogen and oxygen atoms in total. The third-order valence-electron chi connectivity index (χ3n) is 4.60. The summed E-state index contributed by atoms with van der Waals surface area (Å²) in [5.41, 5.74) is 7.31. The van der Waals surface area contributed by atoms with E-state index in [9.17, 15) is 4.39 Å². The highest BCUT2D eigenvalue weighted by atomic mass is 19.1. The van der Waals surface area contributed by atoms with Crippen molar-refractivity contribution in [3.8, 4) is 5.75 Å². The van der Waals surface area contributed by atoms with Crippen molar-refractivity contribution in [2.24, 2.45) is 11.1 Å². The average molecular weight is 294 g/mol. The van der Waals surface area contributed by atoms with Crippen LogP contribution in [0.25, 0.3) is 0 Å². The van der Waals surface area contributed by atoms with Crippen molar-refractivity contribution in [3.63, 3.8) is 0 Å². The van der Waals surface area contributed by atoms with Gasteiger partial charge < -0.3 is 10.5 Å². The molecule has 118 valence electrons. The molecule has 0 aromatic heterocycles. The standard InChI is InChI=1S/C17H27FN2O/c1-17(2)7-4-9-20(10-8-17)15(12-19)13-5-6-16(21-3)14(18)11-13/h5-6,11,15H,4,7-10,12,19H2,1-3H3. The molecule has 1 unspecified atom stereocenters. The van der Waals surface area contributed by atoms with E-state index >= 15 is 0 Å². The molecule has 0 radical (unpaired) electrons. The van der Waals surface area contributed by atoms with Crippen molar-refractivity contribution in [2.45, 2.75) is 39.2 Å². The third-order valence-corrected chi connectivity index (χ3v) is 4.60. The maximum Gasteiger partial charge on any atom is 0.165 e. The van der Waals surface area contributed by atoms with Gasteiger partial charge in [-0.15, -0.1) is 0 Å². The van der Waals surface area contributed by atoms with Gasteiger partial charge in [-0.05, 0) is 55.5 Å². The Morgan fingerprint density at radius 2 is 2.10 bits per heavy atom. The smallest absolute Gasteiger partial charge is 0.165 e. The van der Waals surface area contributed by atoms with Crippen LogP contribution in [0.4, 0.5) is 4.39 Å². The minimum atomic E-state index is -0.316. The zero-order valence-corrected chi connectivity index (χ0v) is 13.4. The Labute approximate surface area is 127 Å². The quantitative estimate of drug-likeness (QED) is 0.925. The SMILES string of the molecule is COc1ccc(C(CN)N2CCCC(C)(C)CC2)cc1F. The summed E-state index contributed by atoms with van der Waals surface area (Å²) in [6, 6.07) is 5.26. The monoisotopic (exact) mass is 294 g/mol. The third kappa shape index (κ3) is 3.95. The first-order chi connectivity index (χ1) is 9.96. The average Bonchev–Trinajstić information content (AvgIpc) is 2.61. The Balaban J connectivity index is 2.17. The minimum Gasteiger partial charge on any atom is -0.494 e. The van der Waals surface area contributed by atoms with Crippen LogP contribution in [-0.4, -0.2) is 31.6 Å². The first-order valence-electron chi connectivity index (χ1n) is 7.74. The molecule has 2 rings (SSSR count). The second kappa shape index (κ2) is 6.75. The van der Waals surface area contributed by atoms with Gasteiger partial charge >= 0.3 is 0 Å². The summed E-state index contributed by atoms with van der Waals surface area (Å²) in [4.78, 5) is 2.40. The molecule has 1 fully saturated rings. The van der Waals surface area contributed by atoms with E-state index < -0.39 is 0 Å². The number of hydrogen-bond acceptors (Lipinski definition) is 3. The van der Waals surface area contributed by atoms with E-state index in [1.165, 1.54) is 20.0 Å². The Morgan fingerprint density at radius 1 is 1.33 bits per heavy atom. The highest BCUT2D eigenvalue weighted by molar-refractivity contribution is 5.31. The van der Waals surface area contributed by atoms with Crippen LogP contribution in [0.5, 0.6) is 5.75 Å². The van der Waals surface area contributed by atoms with Crippen LogP contribution < -0.4 is 10.5 Å². The van der Waals surface area contributed by atoms with Crippen LogP contribution in [0.2, 0.25) is 0 Å². The van der Waals surface area contributed by atoms with Crippen LogP contribution in [0.3, 0.4) is 0 Å². The first-order valence-corrected chi connectivity index (χ1v) is 7.74. The number of likely N-dealkylation sites (tertiary alicyclic amines) is 1. The number of ether oxygens (including phenoxy) is 1. The first kappa shape index (κ1) is 16.2. The van der Waals surface area contributed by atoms with Gasteiger partial charge in [-0.25, -0.2) is 4.39 Å². The van der Waals surface area contributed by atoms with Crippen molar-refractivity contribution in [3.05, 3.63) is 29.6 Å². The molecule has 1 aliphatic heterocycles.